The highest BCUT2D eigenvalue weighted by molar-refractivity contribution is 7.90. The Morgan fingerprint density at radius 1 is 1.10 bits per heavy atom. The van der Waals surface area contributed by atoms with Crippen LogP contribution >= 0.6 is 7.60 Å². The summed E-state index contributed by atoms with van der Waals surface area (Å²) in [4.78, 5) is 30.7. The van der Waals surface area contributed by atoms with Crippen molar-refractivity contribution >= 4 is 34.5 Å². The predicted octanol–water partition coefficient (Wildman–Crippen LogP) is 4.83. The summed E-state index contributed by atoms with van der Waals surface area (Å²) < 4.78 is 68.2. The van der Waals surface area contributed by atoms with Crippen molar-refractivity contribution in [1.29, 1.82) is 0 Å². The first-order valence-corrected chi connectivity index (χ1v) is 14.7. The molecular weight excluding hydrogens is 551 g/mol. The van der Waals surface area contributed by atoms with Gasteiger partial charge in [0, 0.05) is 23.0 Å². The smallest absolute Gasteiger partial charge is 0.348 e. The van der Waals surface area contributed by atoms with Crippen LogP contribution in [0.4, 0.5) is 14.6 Å². The van der Waals surface area contributed by atoms with E-state index in [1.54, 1.807) is 32.9 Å². The standard InChI is InChI=1S/C25H26F2N5O5PS/c1-15-5-7-17(8-6-15)39(36,37)32-14-19(18-11-16(26)12-29-24(18)32)22-28-13-20(27)23(31-22)30-21(25(2,3)4)9-10-38(33,34)35/h5-14,21H,1-4H3,(H,28,30,31)(H2,33,34,35)/b10-9+. The van der Waals surface area contributed by atoms with E-state index in [9.17, 15) is 31.6 Å². The van der Waals surface area contributed by atoms with Gasteiger partial charge in [0.1, 0.15) is 5.82 Å². The summed E-state index contributed by atoms with van der Waals surface area (Å²) in [5.74, 6) is -1.31. The number of pyridine rings is 1. The number of halogens is 2. The minimum Gasteiger partial charge on any atom is -0.361 e. The molecule has 3 aromatic heterocycles. The van der Waals surface area contributed by atoms with Gasteiger partial charge in [-0.15, -0.1) is 0 Å². The molecule has 4 aromatic rings. The monoisotopic (exact) mass is 577 g/mol. The molecule has 0 spiro atoms. The van der Waals surface area contributed by atoms with Crippen LogP contribution in [0.2, 0.25) is 0 Å². The van der Waals surface area contributed by atoms with Gasteiger partial charge in [-0.25, -0.2) is 36.1 Å². The Morgan fingerprint density at radius 3 is 2.38 bits per heavy atom. The van der Waals surface area contributed by atoms with E-state index in [-0.39, 0.29) is 33.1 Å². The van der Waals surface area contributed by atoms with Crippen molar-refractivity contribution in [3.05, 3.63) is 78.0 Å². The van der Waals surface area contributed by atoms with Crippen LogP contribution in [0, 0.1) is 24.0 Å². The number of fused-ring (bicyclic) bond motifs is 1. The van der Waals surface area contributed by atoms with E-state index in [2.05, 4.69) is 20.3 Å². The summed E-state index contributed by atoms with van der Waals surface area (Å²) >= 11 is 0. The minimum atomic E-state index is -4.49. The Balaban J connectivity index is 1.85. The Bertz CT molecular complexity index is 1730. The van der Waals surface area contributed by atoms with Gasteiger partial charge in [-0.2, -0.15) is 0 Å². The summed E-state index contributed by atoms with van der Waals surface area (Å²) in [5.41, 5.74) is 0.227. The van der Waals surface area contributed by atoms with Crippen molar-refractivity contribution in [2.75, 3.05) is 5.32 Å². The molecule has 0 amide bonds. The molecule has 0 bridgehead atoms. The second kappa shape index (κ2) is 10.2. The van der Waals surface area contributed by atoms with Gasteiger partial charge >= 0.3 is 7.60 Å². The molecule has 0 saturated heterocycles. The summed E-state index contributed by atoms with van der Waals surface area (Å²) in [6, 6.07) is 6.46. The van der Waals surface area contributed by atoms with E-state index in [1.807, 2.05) is 6.92 Å². The van der Waals surface area contributed by atoms with E-state index in [0.29, 0.717) is 5.82 Å². The van der Waals surface area contributed by atoms with Gasteiger partial charge in [0.05, 0.1) is 23.3 Å². The van der Waals surface area contributed by atoms with Crippen LogP contribution in [0.3, 0.4) is 0 Å². The lowest BCUT2D eigenvalue weighted by atomic mass is 9.87. The molecule has 4 rings (SSSR count). The van der Waals surface area contributed by atoms with E-state index in [1.165, 1.54) is 24.4 Å². The summed E-state index contributed by atoms with van der Waals surface area (Å²) in [7, 11) is -8.64. The van der Waals surface area contributed by atoms with Gasteiger partial charge in [-0.3, -0.25) is 4.57 Å². The van der Waals surface area contributed by atoms with Gasteiger partial charge in [-0.1, -0.05) is 44.5 Å². The van der Waals surface area contributed by atoms with E-state index >= 15 is 0 Å². The molecule has 0 aliphatic heterocycles. The Morgan fingerprint density at radius 2 is 1.77 bits per heavy atom. The molecule has 0 aliphatic carbocycles. The lowest BCUT2D eigenvalue weighted by Gasteiger charge is -2.29. The molecule has 3 N–H and O–H groups in total. The summed E-state index contributed by atoms with van der Waals surface area (Å²) in [6.45, 7) is 7.12. The second-order valence-electron chi connectivity index (χ2n) is 9.99. The molecule has 39 heavy (non-hydrogen) atoms. The van der Waals surface area contributed by atoms with Crippen molar-refractivity contribution in [1.82, 2.24) is 18.9 Å². The SMILES string of the molecule is Cc1ccc(S(=O)(=O)n2cc(-c3ncc(F)c(NC(/C=C/P(=O)(O)O)C(C)(C)C)n3)c3cc(F)cnc32)cc1. The number of aryl methyl sites for hydroxylation is 1. The number of nitrogens with one attached hydrogen (secondary N) is 1. The molecule has 3 heterocycles. The van der Waals surface area contributed by atoms with Crippen molar-refractivity contribution in [3.8, 4) is 11.4 Å². The van der Waals surface area contributed by atoms with Crippen LogP contribution in [0.25, 0.3) is 22.4 Å². The van der Waals surface area contributed by atoms with Crippen molar-refractivity contribution < 1.29 is 31.6 Å². The number of hydrogen-bond acceptors (Lipinski definition) is 7. The number of rotatable bonds is 7. The number of benzene rings is 1. The maximum absolute atomic E-state index is 14.8. The molecule has 0 saturated carbocycles. The summed E-state index contributed by atoms with van der Waals surface area (Å²) in [5, 5.41) is 2.91. The van der Waals surface area contributed by atoms with Crippen molar-refractivity contribution in [3.63, 3.8) is 0 Å². The number of nitrogens with zero attached hydrogens (tertiary/aromatic N) is 4. The number of hydrogen-bond donors (Lipinski definition) is 3. The lowest BCUT2D eigenvalue weighted by Crippen LogP contribution is -2.33. The van der Waals surface area contributed by atoms with E-state index in [4.69, 9.17) is 0 Å². The second-order valence-corrected chi connectivity index (χ2v) is 13.3. The highest BCUT2D eigenvalue weighted by Crippen LogP contribution is 2.38. The van der Waals surface area contributed by atoms with Gasteiger partial charge in [-0.05, 0) is 30.5 Å². The van der Waals surface area contributed by atoms with Crippen LogP contribution in [0.15, 0.2) is 65.7 Å². The van der Waals surface area contributed by atoms with Gasteiger partial charge in [0.25, 0.3) is 10.0 Å². The lowest BCUT2D eigenvalue weighted by molar-refractivity contribution is 0.377. The van der Waals surface area contributed by atoms with Gasteiger partial charge in [0.15, 0.2) is 23.1 Å². The quantitative estimate of drug-likeness (QED) is 0.263. The fourth-order valence-electron chi connectivity index (χ4n) is 3.74. The zero-order chi connectivity index (χ0) is 28.8. The average Bonchev–Trinajstić information content (AvgIpc) is 3.21. The molecule has 206 valence electrons. The first-order chi connectivity index (χ1) is 18.1. The third kappa shape index (κ3) is 6.22. The normalized spacial score (nSPS) is 13.7. The van der Waals surface area contributed by atoms with Crippen molar-refractivity contribution in [2.45, 2.75) is 38.6 Å². The molecule has 0 fully saturated rings. The van der Waals surface area contributed by atoms with E-state index < -0.39 is 40.7 Å². The highest BCUT2D eigenvalue weighted by atomic mass is 32.2. The molecule has 0 radical (unpaired) electrons. The predicted molar refractivity (Wildman–Crippen MR) is 142 cm³/mol. The first-order valence-electron chi connectivity index (χ1n) is 11.6. The Labute approximate surface area is 223 Å². The topological polar surface area (TPSA) is 147 Å². The maximum atomic E-state index is 14.8. The van der Waals surface area contributed by atoms with Crippen LogP contribution in [-0.4, -0.2) is 43.2 Å². The molecule has 0 aliphatic rings. The van der Waals surface area contributed by atoms with Gasteiger partial charge in [0.2, 0.25) is 0 Å². The number of aromatic nitrogens is 4. The highest BCUT2D eigenvalue weighted by Gasteiger charge is 2.27. The molecule has 10 nitrogen and oxygen atoms in total. The van der Waals surface area contributed by atoms with Crippen LogP contribution < -0.4 is 5.32 Å². The fraction of sp³-hybridized carbons (Fsp3) is 0.240. The van der Waals surface area contributed by atoms with E-state index in [0.717, 1.165) is 28.0 Å². The molecule has 1 aromatic carbocycles. The molecule has 14 heteroatoms. The third-order valence-electron chi connectivity index (χ3n) is 5.84. The van der Waals surface area contributed by atoms with Gasteiger partial charge < -0.3 is 15.1 Å². The average molecular weight is 578 g/mol. The van der Waals surface area contributed by atoms with Crippen molar-refractivity contribution in [2.24, 2.45) is 5.41 Å². The van der Waals surface area contributed by atoms with Crippen LogP contribution in [0.1, 0.15) is 26.3 Å². The number of anilines is 1. The summed E-state index contributed by atoms with van der Waals surface area (Å²) in [6.07, 6.45) is 4.16. The minimum absolute atomic E-state index is 0.0186. The zero-order valence-corrected chi connectivity index (χ0v) is 23.1. The maximum Gasteiger partial charge on any atom is 0.348 e. The zero-order valence-electron chi connectivity index (χ0n) is 21.4. The Kier molecular flexibility index (Phi) is 7.48. The van der Waals surface area contributed by atoms with Crippen LogP contribution in [-0.2, 0) is 14.6 Å². The molecule has 1 atom stereocenters. The Hall–Kier alpha value is -3.51. The third-order valence-corrected chi connectivity index (χ3v) is 8.06. The fourth-order valence-corrected chi connectivity index (χ4v) is 5.46. The molecule has 1 unspecified atom stereocenters. The van der Waals surface area contributed by atoms with Crippen LogP contribution in [0.5, 0.6) is 0 Å². The largest absolute Gasteiger partial charge is 0.361 e. The molecular formula is C25H26F2N5O5PS. The first kappa shape index (κ1) is 28.5.